The topological polar surface area (TPSA) is 141 Å². The van der Waals surface area contributed by atoms with Gasteiger partial charge >= 0.3 is 12.1 Å². The third-order valence-electron chi connectivity index (χ3n) is 7.17. The van der Waals surface area contributed by atoms with E-state index in [9.17, 15) is 19.2 Å². The SMILES string of the molecule is CCOC(=O)c1ncn([C@H]2CCc3sc(NC(=O)C4CC4)c(C(=O)NCC4CC4)c3C2)c1NC(=O)OC(C)(C)C.[HH]. The lowest BCUT2D eigenvalue weighted by Gasteiger charge is -2.26. The number of carbonyl (C=O) groups excluding carboxylic acids is 4. The van der Waals surface area contributed by atoms with Crippen LogP contribution in [0.25, 0.3) is 0 Å². The molecule has 0 unspecified atom stereocenters. The molecule has 11 nitrogen and oxygen atoms in total. The molecule has 5 rings (SSSR count). The minimum Gasteiger partial charge on any atom is -0.461 e. The number of hydrogen-bond donors (Lipinski definition) is 3. The Morgan fingerprint density at radius 3 is 2.52 bits per heavy atom. The van der Waals surface area contributed by atoms with E-state index in [1.165, 1.54) is 17.7 Å². The summed E-state index contributed by atoms with van der Waals surface area (Å²) in [4.78, 5) is 56.8. The van der Waals surface area contributed by atoms with Gasteiger partial charge in [0, 0.05) is 24.8 Å². The molecule has 3 aliphatic carbocycles. The Morgan fingerprint density at radius 2 is 1.88 bits per heavy atom. The third kappa shape index (κ3) is 6.48. The summed E-state index contributed by atoms with van der Waals surface area (Å²) in [6.07, 6.45) is 6.62. The smallest absolute Gasteiger partial charge is 0.413 e. The number of thiophene rings is 1. The van der Waals surface area contributed by atoms with Crippen molar-refractivity contribution in [2.45, 2.75) is 84.3 Å². The van der Waals surface area contributed by atoms with Crippen LogP contribution in [0.5, 0.6) is 0 Å². The Bertz CT molecular complexity index is 1320. The van der Waals surface area contributed by atoms with Gasteiger partial charge in [-0.15, -0.1) is 11.3 Å². The van der Waals surface area contributed by atoms with Gasteiger partial charge in [-0.1, -0.05) is 0 Å². The number of ether oxygens (including phenoxy) is 2. The maximum Gasteiger partial charge on any atom is 0.413 e. The molecule has 3 aliphatic rings. The summed E-state index contributed by atoms with van der Waals surface area (Å²) in [5, 5.41) is 9.40. The maximum atomic E-state index is 13.4. The Balaban J connectivity index is 0.00000387. The van der Waals surface area contributed by atoms with E-state index in [0.717, 1.165) is 36.1 Å². The first-order chi connectivity index (χ1) is 19.0. The quantitative estimate of drug-likeness (QED) is 0.361. The molecule has 3 amide bonds. The highest BCUT2D eigenvalue weighted by Gasteiger charge is 2.36. The summed E-state index contributed by atoms with van der Waals surface area (Å²) in [5.41, 5.74) is 0.657. The predicted molar refractivity (Wildman–Crippen MR) is 152 cm³/mol. The monoisotopic (exact) mass is 573 g/mol. The molecule has 2 heterocycles. The van der Waals surface area contributed by atoms with Crippen molar-refractivity contribution in [1.82, 2.24) is 14.9 Å². The number of nitrogens with zero attached hydrogens (tertiary/aromatic N) is 2. The van der Waals surface area contributed by atoms with Crippen molar-refractivity contribution >= 4 is 46.0 Å². The van der Waals surface area contributed by atoms with Crippen LogP contribution >= 0.6 is 11.3 Å². The van der Waals surface area contributed by atoms with E-state index >= 15 is 0 Å². The zero-order chi connectivity index (χ0) is 28.6. The molecule has 2 saturated carbocycles. The second-order valence-corrected chi connectivity index (χ2v) is 12.8. The summed E-state index contributed by atoms with van der Waals surface area (Å²) in [6, 6.07) is -0.204. The summed E-state index contributed by atoms with van der Waals surface area (Å²) >= 11 is 1.47. The van der Waals surface area contributed by atoms with Crippen molar-refractivity contribution in [2.24, 2.45) is 11.8 Å². The van der Waals surface area contributed by atoms with E-state index < -0.39 is 17.7 Å². The molecule has 0 aliphatic heterocycles. The molecule has 1 atom stereocenters. The number of nitrogens with one attached hydrogen (secondary N) is 3. The number of rotatable bonds is 9. The van der Waals surface area contributed by atoms with E-state index in [2.05, 4.69) is 20.9 Å². The van der Waals surface area contributed by atoms with Gasteiger partial charge in [0.15, 0.2) is 11.5 Å². The van der Waals surface area contributed by atoms with Gasteiger partial charge in [-0.3, -0.25) is 14.9 Å². The molecule has 0 bridgehead atoms. The second-order valence-electron chi connectivity index (χ2n) is 11.7. The summed E-state index contributed by atoms with van der Waals surface area (Å²) in [6.45, 7) is 7.75. The Hall–Kier alpha value is -3.41. The molecule has 218 valence electrons. The molecule has 2 fully saturated rings. The fourth-order valence-electron chi connectivity index (χ4n) is 4.85. The van der Waals surface area contributed by atoms with Crippen molar-refractivity contribution in [1.29, 1.82) is 0 Å². The van der Waals surface area contributed by atoms with Crippen LogP contribution in [0.15, 0.2) is 6.33 Å². The average Bonchev–Trinajstić information content (AvgIpc) is 3.80. The lowest BCUT2D eigenvalue weighted by atomic mass is 9.91. The number of amides is 3. The van der Waals surface area contributed by atoms with Crippen molar-refractivity contribution in [3.05, 3.63) is 28.0 Å². The first-order valence-corrected chi connectivity index (χ1v) is 14.8. The summed E-state index contributed by atoms with van der Waals surface area (Å²) in [7, 11) is 0. The predicted octanol–water partition coefficient (Wildman–Crippen LogP) is 4.93. The van der Waals surface area contributed by atoms with Gasteiger partial charge in [-0.2, -0.15) is 0 Å². The zero-order valence-electron chi connectivity index (χ0n) is 23.4. The number of hydrogen-bond acceptors (Lipinski definition) is 8. The Kier molecular flexibility index (Phi) is 7.89. The number of esters is 1. The highest BCUT2D eigenvalue weighted by molar-refractivity contribution is 7.17. The van der Waals surface area contributed by atoms with Crippen LogP contribution < -0.4 is 16.0 Å². The van der Waals surface area contributed by atoms with E-state index in [-0.39, 0.29) is 43.3 Å². The van der Waals surface area contributed by atoms with Gasteiger partial charge in [-0.25, -0.2) is 14.6 Å². The maximum absolute atomic E-state index is 13.4. The molecule has 12 heteroatoms. The zero-order valence-corrected chi connectivity index (χ0v) is 24.2. The lowest BCUT2D eigenvalue weighted by Crippen LogP contribution is -2.30. The molecular formula is C28H39N5O6S. The number of anilines is 2. The van der Waals surface area contributed by atoms with Gasteiger partial charge in [0.05, 0.1) is 18.5 Å². The van der Waals surface area contributed by atoms with Gasteiger partial charge in [0.1, 0.15) is 10.6 Å². The Morgan fingerprint density at radius 1 is 1.12 bits per heavy atom. The highest BCUT2D eigenvalue weighted by atomic mass is 32.1. The fourth-order valence-corrected chi connectivity index (χ4v) is 6.09. The van der Waals surface area contributed by atoms with Crippen LogP contribution in [0.3, 0.4) is 0 Å². The number of imidazole rings is 1. The second kappa shape index (κ2) is 11.2. The van der Waals surface area contributed by atoms with Crippen LogP contribution in [0, 0.1) is 11.8 Å². The van der Waals surface area contributed by atoms with Crippen molar-refractivity contribution in [3.8, 4) is 0 Å². The number of aromatic nitrogens is 2. The van der Waals surface area contributed by atoms with Gasteiger partial charge < -0.3 is 24.7 Å². The van der Waals surface area contributed by atoms with Crippen LogP contribution in [0.1, 0.15) is 98.6 Å². The van der Waals surface area contributed by atoms with Crippen LogP contribution in [-0.2, 0) is 27.1 Å². The first-order valence-electron chi connectivity index (χ1n) is 14.0. The van der Waals surface area contributed by atoms with Crippen molar-refractivity contribution < 1.29 is 30.1 Å². The van der Waals surface area contributed by atoms with E-state index in [1.807, 2.05) is 0 Å². The van der Waals surface area contributed by atoms with Gasteiger partial charge in [0.25, 0.3) is 5.91 Å². The lowest BCUT2D eigenvalue weighted by molar-refractivity contribution is -0.117. The number of fused-ring (bicyclic) bond motifs is 1. The van der Waals surface area contributed by atoms with E-state index in [1.54, 1.807) is 32.3 Å². The molecule has 0 radical (unpaired) electrons. The first kappa shape index (κ1) is 28.1. The standard InChI is InChI=1S/C28H37N5O6S.H2/c1-5-38-26(36)21-22(31-27(37)39-28(2,3)4)33(14-30-21)17-10-11-19-18(12-17)20(24(35)29-13-15-6-7-15)25(40-19)32-23(34)16-8-9-16;/h14-17H,5-13H2,1-4H3,(H,29,35)(H,31,37)(H,32,34);1H/t17-;/m0./s1. The fraction of sp³-hybridized carbons (Fsp3) is 0.607. The molecule has 0 saturated heterocycles. The minimum absolute atomic E-state index is 0. The Labute approximate surface area is 238 Å². The van der Waals surface area contributed by atoms with Crippen molar-refractivity contribution in [3.63, 3.8) is 0 Å². The molecule has 0 aromatic carbocycles. The largest absolute Gasteiger partial charge is 0.461 e. The number of aryl methyl sites for hydroxylation is 1. The summed E-state index contributed by atoms with van der Waals surface area (Å²) in [5.74, 6) is -0.139. The van der Waals surface area contributed by atoms with Crippen LogP contribution in [-0.4, -0.2) is 52.2 Å². The molecule has 2 aromatic heterocycles. The molecule has 40 heavy (non-hydrogen) atoms. The average molecular weight is 574 g/mol. The van der Waals surface area contributed by atoms with E-state index in [4.69, 9.17) is 9.47 Å². The summed E-state index contributed by atoms with van der Waals surface area (Å²) < 4.78 is 12.4. The van der Waals surface area contributed by atoms with E-state index in [0.29, 0.717) is 42.3 Å². The number of carbonyl (C=O) groups is 4. The molecular weight excluding hydrogens is 534 g/mol. The molecule has 3 N–H and O–H groups in total. The highest BCUT2D eigenvalue weighted by Crippen LogP contribution is 2.43. The van der Waals surface area contributed by atoms with Crippen LogP contribution in [0.4, 0.5) is 15.6 Å². The van der Waals surface area contributed by atoms with Gasteiger partial charge in [-0.05, 0) is 84.1 Å². The minimum atomic E-state index is -0.737. The van der Waals surface area contributed by atoms with Crippen LogP contribution in [0.2, 0.25) is 0 Å². The molecule has 2 aromatic rings. The normalized spacial score (nSPS) is 18.4. The third-order valence-corrected chi connectivity index (χ3v) is 8.38. The van der Waals surface area contributed by atoms with Gasteiger partial charge in [0.2, 0.25) is 5.91 Å². The molecule has 0 spiro atoms. The van der Waals surface area contributed by atoms with Crippen molar-refractivity contribution in [2.75, 3.05) is 23.8 Å².